The van der Waals surface area contributed by atoms with Gasteiger partial charge in [0.1, 0.15) is 5.52 Å². The number of anilines is 1. The number of aromatic nitrogens is 1. The summed E-state index contributed by atoms with van der Waals surface area (Å²) in [6, 6.07) is 8.28. The number of oxazole rings is 1. The van der Waals surface area contributed by atoms with E-state index in [9.17, 15) is 9.59 Å². The Morgan fingerprint density at radius 3 is 2.33 bits per heavy atom. The second-order valence-electron chi connectivity index (χ2n) is 6.83. The number of amides is 1. The number of hydrogen-bond donors (Lipinski definition) is 1. The molecule has 2 aliphatic heterocycles. The molecule has 1 atom stereocenters. The predicted octanol–water partition coefficient (Wildman–Crippen LogP) is 2.82. The van der Waals surface area contributed by atoms with Crippen LogP contribution in [0.25, 0.3) is 11.1 Å². The van der Waals surface area contributed by atoms with Crippen LogP contribution in [0.2, 0.25) is 0 Å². The van der Waals surface area contributed by atoms with Crippen molar-refractivity contribution in [1.29, 1.82) is 0 Å². The Labute approximate surface area is 169 Å². The van der Waals surface area contributed by atoms with Gasteiger partial charge >= 0.3 is 5.97 Å². The fourth-order valence-corrected chi connectivity index (χ4v) is 3.73. The summed E-state index contributed by atoms with van der Waals surface area (Å²) in [7, 11) is 0. The maximum atomic E-state index is 12.6. The van der Waals surface area contributed by atoms with Crippen molar-refractivity contribution in [3.05, 3.63) is 24.3 Å². The second kappa shape index (κ2) is 8.80. The van der Waals surface area contributed by atoms with Crippen LogP contribution in [0.1, 0.15) is 19.3 Å². The topological polar surface area (TPSA) is 86.9 Å². The molecule has 27 heavy (non-hydrogen) atoms. The molecule has 1 unspecified atom stereocenters. The van der Waals surface area contributed by atoms with E-state index in [-0.39, 0.29) is 36.6 Å². The van der Waals surface area contributed by atoms with E-state index in [1.807, 2.05) is 24.3 Å². The normalized spacial score (nSPS) is 20.2. The van der Waals surface area contributed by atoms with E-state index in [2.05, 4.69) is 9.88 Å². The molecule has 0 saturated carbocycles. The average molecular weight is 416 g/mol. The van der Waals surface area contributed by atoms with Gasteiger partial charge in [-0.2, -0.15) is 4.98 Å². The van der Waals surface area contributed by atoms with Crippen LogP contribution in [0.3, 0.4) is 0 Å². The number of aliphatic carboxylic acids is 1. The summed E-state index contributed by atoms with van der Waals surface area (Å²) in [4.78, 5) is 32.0. The molecular weight excluding hydrogens is 393 g/mol. The molecule has 0 aliphatic carbocycles. The van der Waals surface area contributed by atoms with Crippen LogP contribution in [0.15, 0.2) is 28.7 Å². The molecule has 1 aromatic heterocycles. The highest BCUT2D eigenvalue weighted by atomic mass is 35.5. The van der Waals surface area contributed by atoms with Crippen LogP contribution in [0, 0.1) is 11.8 Å². The van der Waals surface area contributed by atoms with E-state index in [0.29, 0.717) is 25.5 Å². The number of carboxylic acid groups (broad SMARTS) is 1. The zero-order valence-electron chi connectivity index (χ0n) is 14.7. The Morgan fingerprint density at radius 1 is 1.04 bits per heavy atom. The van der Waals surface area contributed by atoms with Gasteiger partial charge in [-0.1, -0.05) is 12.1 Å². The molecule has 7 nitrogen and oxygen atoms in total. The number of nitrogens with zero attached hydrogens (tertiary/aromatic N) is 3. The molecular formula is C18H23Cl2N3O4. The van der Waals surface area contributed by atoms with Gasteiger partial charge in [0.15, 0.2) is 5.58 Å². The number of carboxylic acids is 1. The van der Waals surface area contributed by atoms with Gasteiger partial charge < -0.3 is 19.3 Å². The van der Waals surface area contributed by atoms with Crippen LogP contribution in [-0.4, -0.2) is 53.0 Å². The van der Waals surface area contributed by atoms with Crippen LogP contribution in [0.4, 0.5) is 6.01 Å². The molecule has 9 heteroatoms. The molecule has 1 amide bonds. The van der Waals surface area contributed by atoms with E-state index < -0.39 is 11.9 Å². The van der Waals surface area contributed by atoms with E-state index in [1.54, 1.807) is 4.90 Å². The Morgan fingerprint density at radius 2 is 1.70 bits per heavy atom. The highest BCUT2D eigenvalue weighted by molar-refractivity contribution is 5.85. The Hall–Kier alpha value is -1.99. The number of likely N-dealkylation sites (tertiary alicyclic amines) is 1. The first-order valence-electron chi connectivity index (χ1n) is 8.74. The maximum Gasteiger partial charge on any atom is 0.308 e. The molecule has 1 N–H and O–H groups in total. The minimum absolute atomic E-state index is 0. The lowest BCUT2D eigenvalue weighted by Gasteiger charge is -2.32. The summed E-state index contributed by atoms with van der Waals surface area (Å²) in [6.07, 6.45) is 2.04. The number of piperidine rings is 1. The number of hydrogen-bond acceptors (Lipinski definition) is 5. The zero-order chi connectivity index (χ0) is 17.4. The third-order valence-electron chi connectivity index (χ3n) is 5.25. The zero-order valence-corrected chi connectivity index (χ0v) is 16.4. The standard InChI is InChI=1S/C18H21N3O4.2ClH/c22-16(21-10-7-13(11-21)17(23)24)12-5-8-20(9-6-12)18-19-14-3-1-2-4-15(14)25-18;;/h1-4,12-13H,5-11H2,(H,23,24);2*1H. The highest BCUT2D eigenvalue weighted by Gasteiger charge is 2.35. The van der Waals surface area contributed by atoms with Gasteiger partial charge in [0.25, 0.3) is 6.01 Å². The maximum absolute atomic E-state index is 12.6. The minimum Gasteiger partial charge on any atom is -0.481 e. The number of carbonyl (C=O) groups excluding carboxylic acids is 1. The fraction of sp³-hybridized carbons (Fsp3) is 0.500. The van der Waals surface area contributed by atoms with Gasteiger partial charge in [0.2, 0.25) is 5.91 Å². The Bertz CT molecular complexity index is 772. The van der Waals surface area contributed by atoms with Crippen LogP contribution in [-0.2, 0) is 9.59 Å². The average Bonchev–Trinajstić information content (AvgIpc) is 3.28. The first kappa shape index (κ1) is 21.3. The van der Waals surface area contributed by atoms with E-state index in [0.717, 1.165) is 37.0 Å². The number of para-hydroxylation sites is 2. The van der Waals surface area contributed by atoms with Crippen molar-refractivity contribution >= 4 is 53.8 Å². The lowest BCUT2D eigenvalue weighted by molar-refractivity contribution is -0.141. The third kappa shape index (κ3) is 4.30. The largest absolute Gasteiger partial charge is 0.481 e. The van der Waals surface area contributed by atoms with Gasteiger partial charge in [-0.15, -0.1) is 24.8 Å². The van der Waals surface area contributed by atoms with Crippen molar-refractivity contribution in [1.82, 2.24) is 9.88 Å². The molecule has 3 heterocycles. The van der Waals surface area contributed by atoms with E-state index in [1.165, 1.54) is 0 Å². The third-order valence-corrected chi connectivity index (χ3v) is 5.25. The molecule has 2 aliphatic rings. The number of fused-ring (bicyclic) bond motifs is 1. The summed E-state index contributed by atoms with van der Waals surface area (Å²) in [6.45, 7) is 2.35. The molecule has 148 valence electrons. The van der Waals surface area contributed by atoms with Crippen LogP contribution >= 0.6 is 24.8 Å². The smallest absolute Gasteiger partial charge is 0.308 e. The molecule has 0 bridgehead atoms. The molecule has 1 aromatic carbocycles. The summed E-state index contributed by atoms with van der Waals surface area (Å²) >= 11 is 0. The molecule has 4 rings (SSSR count). The van der Waals surface area contributed by atoms with Crippen molar-refractivity contribution in [2.75, 3.05) is 31.1 Å². The van der Waals surface area contributed by atoms with Gasteiger partial charge in [-0.05, 0) is 31.4 Å². The SMILES string of the molecule is Cl.Cl.O=C(O)C1CCN(C(=O)C2CCN(c3nc4ccccc4o3)CC2)C1. The fourth-order valence-electron chi connectivity index (χ4n) is 3.73. The quantitative estimate of drug-likeness (QED) is 0.828. The van der Waals surface area contributed by atoms with Crippen molar-refractivity contribution in [2.45, 2.75) is 19.3 Å². The number of rotatable bonds is 3. The molecule has 0 spiro atoms. The Kier molecular flexibility index (Phi) is 6.95. The van der Waals surface area contributed by atoms with Crippen molar-refractivity contribution in [3.8, 4) is 0 Å². The Balaban J connectivity index is 0.00000131. The minimum atomic E-state index is -0.805. The van der Waals surface area contributed by atoms with Crippen molar-refractivity contribution < 1.29 is 19.1 Å². The van der Waals surface area contributed by atoms with Gasteiger partial charge in [-0.25, -0.2) is 0 Å². The van der Waals surface area contributed by atoms with Crippen LogP contribution in [0.5, 0.6) is 0 Å². The summed E-state index contributed by atoms with van der Waals surface area (Å²) in [5.41, 5.74) is 1.61. The lowest BCUT2D eigenvalue weighted by Crippen LogP contribution is -2.42. The number of benzene rings is 1. The van der Waals surface area contributed by atoms with Gasteiger partial charge in [-0.3, -0.25) is 9.59 Å². The van der Waals surface area contributed by atoms with Crippen molar-refractivity contribution in [2.24, 2.45) is 11.8 Å². The monoisotopic (exact) mass is 415 g/mol. The number of halogens is 2. The lowest BCUT2D eigenvalue weighted by atomic mass is 9.95. The highest BCUT2D eigenvalue weighted by Crippen LogP contribution is 2.28. The first-order chi connectivity index (χ1) is 12.1. The molecule has 2 fully saturated rings. The van der Waals surface area contributed by atoms with E-state index in [4.69, 9.17) is 9.52 Å². The summed E-state index contributed by atoms with van der Waals surface area (Å²) < 4.78 is 5.80. The van der Waals surface area contributed by atoms with Gasteiger partial charge in [0, 0.05) is 32.1 Å². The first-order valence-corrected chi connectivity index (χ1v) is 8.74. The summed E-state index contributed by atoms with van der Waals surface area (Å²) in [5, 5.41) is 9.08. The predicted molar refractivity (Wildman–Crippen MR) is 106 cm³/mol. The van der Waals surface area contributed by atoms with Gasteiger partial charge in [0.05, 0.1) is 5.92 Å². The second-order valence-corrected chi connectivity index (χ2v) is 6.83. The van der Waals surface area contributed by atoms with Crippen LogP contribution < -0.4 is 4.90 Å². The molecule has 2 aromatic rings. The number of carbonyl (C=O) groups is 2. The summed E-state index contributed by atoms with van der Waals surface area (Å²) in [5.74, 6) is -1.15. The molecule has 0 radical (unpaired) electrons. The van der Waals surface area contributed by atoms with Crippen molar-refractivity contribution in [3.63, 3.8) is 0 Å². The van der Waals surface area contributed by atoms with E-state index >= 15 is 0 Å². The molecule has 2 saturated heterocycles.